The molecule has 118 valence electrons. The second kappa shape index (κ2) is 8.48. The number of likely N-dealkylation sites (N-methyl/N-ethyl adjacent to an activating group) is 1. The smallest absolute Gasteiger partial charge is 0.143 e. The molecule has 0 radical (unpaired) electrons. The lowest BCUT2D eigenvalue weighted by Crippen LogP contribution is -2.45. The van der Waals surface area contributed by atoms with E-state index in [1.807, 2.05) is 12.1 Å². The van der Waals surface area contributed by atoms with Crippen molar-refractivity contribution in [1.82, 2.24) is 15.1 Å². The van der Waals surface area contributed by atoms with E-state index in [9.17, 15) is 5.11 Å². The predicted octanol–water partition coefficient (Wildman–Crippen LogP) is 2.64. The highest BCUT2D eigenvalue weighted by Gasteiger charge is 2.12. The molecule has 0 aliphatic carbocycles. The van der Waals surface area contributed by atoms with E-state index in [4.69, 9.17) is 0 Å². The van der Waals surface area contributed by atoms with Crippen LogP contribution in [0.25, 0.3) is 0 Å². The highest BCUT2D eigenvalue weighted by molar-refractivity contribution is 9.11. The number of rotatable bonds is 6. The lowest BCUT2D eigenvalue weighted by Gasteiger charge is -2.32. The first-order valence-electron chi connectivity index (χ1n) is 7.35. The molecule has 1 aliphatic rings. The molecule has 4 nitrogen and oxygen atoms in total. The van der Waals surface area contributed by atoms with E-state index in [1.165, 1.54) is 39.1 Å². The van der Waals surface area contributed by atoms with Crippen molar-refractivity contribution in [3.8, 4) is 5.75 Å². The monoisotopic (exact) mass is 419 g/mol. The largest absolute Gasteiger partial charge is 0.506 e. The van der Waals surface area contributed by atoms with Gasteiger partial charge in [0.1, 0.15) is 5.75 Å². The first kappa shape index (κ1) is 17.2. The van der Waals surface area contributed by atoms with Gasteiger partial charge in [0.15, 0.2) is 0 Å². The first-order valence-corrected chi connectivity index (χ1v) is 8.93. The zero-order valence-electron chi connectivity index (χ0n) is 12.4. The summed E-state index contributed by atoms with van der Waals surface area (Å²) in [5, 5.41) is 13.1. The fourth-order valence-corrected chi connectivity index (χ4v) is 3.73. The van der Waals surface area contributed by atoms with Crippen LogP contribution in [0, 0.1) is 0 Å². The van der Waals surface area contributed by atoms with Crippen LogP contribution in [0.15, 0.2) is 21.1 Å². The van der Waals surface area contributed by atoms with E-state index in [0.29, 0.717) is 0 Å². The van der Waals surface area contributed by atoms with Crippen molar-refractivity contribution >= 4 is 31.9 Å². The van der Waals surface area contributed by atoms with Crippen molar-refractivity contribution in [2.45, 2.75) is 13.0 Å². The van der Waals surface area contributed by atoms with Gasteiger partial charge in [-0.05, 0) is 76.1 Å². The van der Waals surface area contributed by atoms with Gasteiger partial charge in [-0.15, -0.1) is 0 Å². The molecule has 1 saturated heterocycles. The SMILES string of the molecule is CN1CCN(CCCNCc2cc(Br)c(O)c(Br)c2)CC1. The number of aromatic hydroxyl groups is 1. The van der Waals surface area contributed by atoms with E-state index in [-0.39, 0.29) is 5.75 Å². The Morgan fingerprint density at radius 2 is 1.76 bits per heavy atom. The standard InChI is InChI=1S/C15H23Br2N3O/c1-19-5-7-20(8-6-19)4-2-3-18-11-12-9-13(16)15(21)14(17)10-12/h9-10,18,21H,2-8,11H2,1H3. The summed E-state index contributed by atoms with van der Waals surface area (Å²) in [6.45, 7) is 7.75. The zero-order chi connectivity index (χ0) is 15.2. The summed E-state index contributed by atoms with van der Waals surface area (Å²) in [4.78, 5) is 4.92. The third kappa shape index (κ3) is 5.53. The zero-order valence-corrected chi connectivity index (χ0v) is 15.6. The summed E-state index contributed by atoms with van der Waals surface area (Å²) in [6, 6.07) is 3.90. The van der Waals surface area contributed by atoms with Crippen LogP contribution in [-0.2, 0) is 6.54 Å². The maximum Gasteiger partial charge on any atom is 0.143 e. The second-order valence-electron chi connectivity index (χ2n) is 5.58. The number of hydrogen-bond donors (Lipinski definition) is 2. The quantitative estimate of drug-likeness (QED) is 0.694. The number of benzene rings is 1. The van der Waals surface area contributed by atoms with Crippen molar-refractivity contribution in [2.75, 3.05) is 46.3 Å². The Hall–Kier alpha value is -0.140. The minimum absolute atomic E-state index is 0.258. The van der Waals surface area contributed by atoms with Crippen LogP contribution in [0.2, 0.25) is 0 Å². The third-order valence-corrected chi connectivity index (χ3v) is 5.04. The van der Waals surface area contributed by atoms with Gasteiger partial charge in [0.05, 0.1) is 8.95 Å². The summed E-state index contributed by atoms with van der Waals surface area (Å²) in [6.07, 6.45) is 1.17. The van der Waals surface area contributed by atoms with Crippen molar-refractivity contribution in [3.05, 3.63) is 26.6 Å². The Kier molecular flexibility index (Phi) is 6.95. The van der Waals surface area contributed by atoms with Gasteiger partial charge in [-0.25, -0.2) is 0 Å². The van der Waals surface area contributed by atoms with Crippen molar-refractivity contribution in [3.63, 3.8) is 0 Å². The lowest BCUT2D eigenvalue weighted by atomic mass is 10.2. The number of piperazine rings is 1. The van der Waals surface area contributed by atoms with Crippen LogP contribution in [0.1, 0.15) is 12.0 Å². The molecule has 2 N–H and O–H groups in total. The molecule has 1 heterocycles. The molecule has 0 aromatic heterocycles. The van der Waals surface area contributed by atoms with Crippen molar-refractivity contribution in [2.24, 2.45) is 0 Å². The fourth-order valence-electron chi connectivity index (χ4n) is 2.45. The number of phenolic OH excluding ortho intramolecular Hbond substituents is 1. The van der Waals surface area contributed by atoms with Crippen LogP contribution in [0.3, 0.4) is 0 Å². The van der Waals surface area contributed by atoms with Crippen LogP contribution in [-0.4, -0.2) is 61.2 Å². The minimum Gasteiger partial charge on any atom is -0.506 e. The first-order chi connectivity index (χ1) is 10.1. The number of halogens is 2. The normalized spacial score (nSPS) is 17.3. The van der Waals surface area contributed by atoms with E-state index >= 15 is 0 Å². The molecule has 0 amide bonds. The summed E-state index contributed by atoms with van der Waals surface area (Å²) >= 11 is 6.72. The topological polar surface area (TPSA) is 38.7 Å². The summed E-state index contributed by atoms with van der Waals surface area (Å²) < 4.78 is 1.46. The molecule has 0 spiro atoms. The van der Waals surface area contributed by atoms with Crippen LogP contribution < -0.4 is 5.32 Å². The van der Waals surface area contributed by atoms with Gasteiger partial charge in [0.2, 0.25) is 0 Å². The Labute approximate surface area is 143 Å². The summed E-state index contributed by atoms with van der Waals surface area (Å²) in [7, 11) is 2.19. The number of hydrogen-bond acceptors (Lipinski definition) is 4. The van der Waals surface area contributed by atoms with Crippen molar-refractivity contribution < 1.29 is 5.11 Å². The lowest BCUT2D eigenvalue weighted by molar-refractivity contribution is 0.153. The average molecular weight is 421 g/mol. The van der Waals surface area contributed by atoms with Gasteiger partial charge >= 0.3 is 0 Å². The fraction of sp³-hybridized carbons (Fsp3) is 0.600. The van der Waals surface area contributed by atoms with E-state index in [1.54, 1.807) is 0 Å². The molecular weight excluding hydrogens is 398 g/mol. The average Bonchev–Trinajstić information content (AvgIpc) is 2.46. The van der Waals surface area contributed by atoms with Gasteiger partial charge in [-0.1, -0.05) is 0 Å². The van der Waals surface area contributed by atoms with Crippen molar-refractivity contribution in [1.29, 1.82) is 0 Å². The molecule has 1 aromatic rings. The Balaban J connectivity index is 1.64. The predicted molar refractivity (Wildman–Crippen MR) is 93.8 cm³/mol. The molecule has 0 saturated carbocycles. The number of nitrogens with one attached hydrogen (secondary N) is 1. The molecule has 2 rings (SSSR count). The Morgan fingerprint density at radius 3 is 2.38 bits per heavy atom. The highest BCUT2D eigenvalue weighted by atomic mass is 79.9. The minimum atomic E-state index is 0.258. The van der Waals surface area contributed by atoms with Crippen LogP contribution >= 0.6 is 31.9 Å². The van der Waals surface area contributed by atoms with Gasteiger partial charge in [-0.3, -0.25) is 0 Å². The Morgan fingerprint density at radius 1 is 1.14 bits per heavy atom. The molecule has 1 aromatic carbocycles. The maximum atomic E-state index is 9.68. The van der Waals surface area contributed by atoms with Gasteiger partial charge in [-0.2, -0.15) is 0 Å². The molecule has 0 bridgehead atoms. The Bertz CT molecular complexity index is 439. The van der Waals surface area contributed by atoms with E-state index in [2.05, 4.69) is 54.0 Å². The molecule has 0 unspecified atom stereocenters. The summed E-state index contributed by atoms with van der Waals surface area (Å²) in [5.74, 6) is 0.258. The van der Waals surface area contributed by atoms with Gasteiger partial charge in [0.25, 0.3) is 0 Å². The van der Waals surface area contributed by atoms with E-state index in [0.717, 1.165) is 27.6 Å². The van der Waals surface area contributed by atoms with Gasteiger partial charge in [0, 0.05) is 32.7 Å². The molecule has 1 fully saturated rings. The van der Waals surface area contributed by atoms with Crippen LogP contribution in [0.5, 0.6) is 5.75 Å². The highest BCUT2D eigenvalue weighted by Crippen LogP contribution is 2.33. The maximum absolute atomic E-state index is 9.68. The number of nitrogens with zero attached hydrogens (tertiary/aromatic N) is 2. The molecule has 6 heteroatoms. The van der Waals surface area contributed by atoms with Gasteiger partial charge < -0.3 is 20.2 Å². The summed E-state index contributed by atoms with van der Waals surface area (Å²) in [5.41, 5.74) is 1.16. The third-order valence-electron chi connectivity index (χ3n) is 3.83. The molecule has 0 atom stereocenters. The van der Waals surface area contributed by atoms with E-state index < -0.39 is 0 Å². The molecule has 1 aliphatic heterocycles. The number of phenols is 1. The molecular formula is C15H23Br2N3O. The molecule has 21 heavy (non-hydrogen) atoms. The van der Waals surface area contributed by atoms with Crippen LogP contribution in [0.4, 0.5) is 0 Å². The second-order valence-corrected chi connectivity index (χ2v) is 7.29.